The normalized spacial score (nSPS) is 30.3. The van der Waals surface area contributed by atoms with Gasteiger partial charge >= 0.3 is 5.97 Å². The van der Waals surface area contributed by atoms with E-state index in [0.29, 0.717) is 31.3 Å². The van der Waals surface area contributed by atoms with Crippen LogP contribution in [-0.2, 0) is 14.4 Å². The van der Waals surface area contributed by atoms with Gasteiger partial charge in [-0.05, 0) is 31.8 Å². The number of ketones is 2. The second kappa shape index (κ2) is 3.54. The van der Waals surface area contributed by atoms with Gasteiger partial charge in [-0.25, -0.2) is 4.79 Å². The van der Waals surface area contributed by atoms with E-state index in [4.69, 9.17) is 5.11 Å². The molecule has 0 aromatic heterocycles. The smallest absolute Gasteiger partial charge is 0.339 e. The van der Waals surface area contributed by atoms with Crippen molar-refractivity contribution in [2.24, 2.45) is 5.41 Å². The molecule has 0 radical (unpaired) electrons. The van der Waals surface area contributed by atoms with Gasteiger partial charge in [0, 0.05) is 18.3 Å². The minimum atomic E-state index is -1.18. The molecule has 2 aliphatic carbocycles. The number of rotatable bonds is 1. The Bertz CT molecular complexity index is 419. The second-order valence-corrected chi connectivity index (χ2v) is 4.69. The summed E-state index contributed by atoms with van der Waals surface area (Å²) in [6.45, 7) is 1.78. The van der Waals surface area contributed by atoms with Gasteiger partial charge in [-0.2, -0.15) is 0 Å². The number of hydrogen-bond acceptors (Lipinski definition) is 3. The van der Waals surface area contributed by atoms with Gasteiger partial charge in [-0.3, -0.25) is 9.59 Å². The summed E-state index contributed by atoms with van der Waals surface area (Å²) in [6, 6.07) is 0. The SMILES string of the molecule is C[C@]12CCC(=O)C(C(=O)O)=C1CCCC2=O. The summed E-state index contributed by atoms with van der Waals surface area (Å²) < 4.78 is 0. The fourth-order valence-corrected chi connectivity index (χ4v) is 2.74. The van der Waals surface area contributed by atoms with E-state index in [2.05, 4.69) is 0 Å². The molecule has 2 aliphatic rings. The van der Waals surface area contributed by atoms with Crippen LogP contribution in [0, 0.1) is 5.41 Å². The molecule has 1 atom stereocenters. The van der Waals surface area contributed by atoms with Gasteiger partial charge in [0.15, 0.2) is 5.78 Å². The van der Waals surface area contributed by atoms with Crippen molar-refractivity contribution in [1.29, 1.82) is 0 Å². The lowest BCUT2D eigenvalue weighted by atomic mass is 9.63. The van der Waals surface area contributed by atoms with Gasteiger partial charge in [0.2, 0.25) is 0 Å². The molecule has 0 unspecified atom stereocenters. The molecule has 0 aromatic carbocycles. The van der Waals surface area contributed by atoms with Crippen LogP contribution in [0.4, 0.5) is 0 Å². The molecule has 0 aliphatic heterocycles. The van der Waals surface area contributed by atoms with Gasteiger partial charge in [0.25, 0.3) is 0 Å². The van der Waals surface area contributed by atoms with Gasteiger partial charge in [0.05, 0.1) is 0 Å². The molecule has 0 heterocycles. The first kappa shape index (κ1) is 11.0. The van der Waals surface area contributed by atoms with Crippen LogP contribution in [0.2, 0.25) is 0 Å². The van der Waals surface area contributed by atoms with E-state index in [0.717, 1.165) is 0 Å². The molecule has 0 bridgehead atoms. The van der Waals surface area contributed by atoms with E-state index in [1.54, 1.807) is 6.92 Å². The van der Waals surface area contributed by atoms with Crippen molar-refractivity contribution in [1.82, 2.24) is 0 Å². The number of fused-ring (bicyclic) bond motifs is 1. The average molecular weight is 222 g/mol. The largest absolute Gasteiger partial charge is 0.478 e. The maximum atomic E-state index is 11.9. The molecule has 86 valence electrons. The Kier molecular flexibility index (Phi) is 2.45. The van der Waals surface area contributed by atoms with Crippen molar-refractivity contribution in [3.8, 4) is 0 Å². The number of hydrogen-bond donors (Lipinski definition) is 1. The van der Waals surface area contributed by atoms with Crippen LogP contribution in [0.3, 0.4) is 0 Å². The van der Waals surface area contributed by atoms with E-state index < -0.39 is 11.4 Å². The first-order chi connectivity index (χ1) is 7.47. The van der Waals surface area contributed by atoms with E-state index >= 15 is 0 Å². The third-order valence-electron chi connectivity index (χ3n) is 3.76. The molecular weight excluding hydrogens is 208 g/mol. The number of carboxylic acids is 1. The first-order valence-electron chi connectivity index (χ1n) is 5.50. The molecule has 0 aromatic rings. The molecule has 4 nitrogen and oxygen atoms in total. The van der Waals surface area contributed by atoms with Crippen LogP contribution in [0.1, 0.15) is 39.0 Å². The van der Waals surface area contributed by atoms with Gasteiger partial charge < -0.3 is 5.11 Å². The van der Waals surface area contributed by atoms with E-state index in [9.17, 15) is 14.4 Å². The third-order valence-corrected chi connectivity index (χ3v) is 3.76. The number of allylic oxidation sites excluding steroid dienone is 1. The van der Waals surface area contributed by atoms with Crippen molar-refractivity contribution in [3.63, 3.8) is 0 Å². The Hall–Kier alpha value is -1.45. The molecule has 1 fully saturated rings. The zero-order valence-electron chi connectivity index (χ0n) is 9.21. The highest BCUT2D eigenvalue weighted by molar-refractivity contribution is 6.19. The van der Waals surface area contributed by atoms with Crippen LogP contribution in [0.5, 0.6) is 0 Å². The highest BCUT2D eigenvalue weighted by atomic mass is 16.4. The monoisotopic (exact) mass is 222 g/mol. The zero-order chi connectivity index (χ0) is 11.9. The molecule has 4 heteroatoms. The predicted molar refractivity (Wildman–Crippen MR) is 55.9 cm³/mol. The number of aliphatic carboxylic acids is 1. The number of carbonyl (C=O) groups excluding carboxylic acids is 2. The Morgan fingerprint density at radius 1 is 1.25 bits per heavy atom. The zero-order valence-corrected chi connectivity index (χ0v) is 9.21. The fourth-order valence-electron chi connectivity index (χ4n) is 2.74. The van der Waals surface area contributed by atoms with Crippen LogP contribution < -0.4 is 0 Å². The number of carboxylic acid groups (broad SMARTS) is 1. The Morgan fingerprint density at radius 2 is 1.94 bits per heavy atom. The van der Waals surface area contributed by atoms with Gasteiger partial charge in [-0.15, -0.1) is 0 Å². The minimum Gasteiger partial charge on any atom is -0.478 e. The van der Waals surface area contributed by atoms with E-state index in [-0.39, 0.29) is 23.6 Å². The van der Waals surface area contributed by atoms with Gasteiger partial charge in [0.1, 0.15) is 11.4 Å². The lowest BCUT2D eigenvalue weighted by Gasteiger charge is -2.38. The third kappa shape index (κ3) is 1.40. The molecule has 0 saturated heterocycles. The topological polar surface area (TPSA) is 71.4 Å². The lowest BCUT2D eigenvalue weighted by Crippen LogP contribution is -2.40. The average Bonchev–Trinajstić information content (AvgIpc) is 2.21. The highest BCUT2D eigenvalue weighted by Gasteiger charge is 2.46. The van der Waals surface area contributed by atoms with Crippen LogP contribution in [0.15, 0.2) is 11.1 Å². The molecule has 1 saturated carbocycles. The summed E-state index contributed by atoms with van der Waals surface area (Å²) in [5.41, 5.74) is -0.255. The Labute approximate surface area is 93.3 Å². The fraction of sp³-hybridized carbons (Fsp3) is 0.583. The summed E-state index contributed by atoms with van der Waals surface area (Å²) in [5.74, 6) is -1.42. The maximum Gasteiger partial charge on any atom is 0.339 e. The molecule has 1 N–H and O–H groups in total. The molecule has 2 rings (SSSR count). The highest BCUT2D eigenvalue weighted by Crippen LogP contribution is 2.46. The molecular formula is C12H14O4. The van der Waals surface area contributed by atoms with E-state index in [1.807, 2.05) is 0 Å². The van der Waals surface area contributed by atoms with Crippen LogP contribution >= 0.6 is 0 Å². The van der Waals surface area contributed by atoms with Crippen molar-refractivity contribution >= 4 is 17.5 Å². The van der Waals surface area contributed by atoms with Crippen molar-refractivity contribution in [2.75, 3.05) is 0 Å². The number of carbonyl (C=O) groups is 3. The van der Waals surface area contributed by atoms with Crippen molar-refractivity contribution < 1.29 is 19.5 Å². The lowest BCUT2D eigenvalue weighted by molar-refractivity contribution is -0.136. The second-order valence-electron chi connectivity index (χ2n) is 4.69. The summed E-state index contributed by atoms with van der Waals surface area (Å²) in [5, 5.41) is 9.06. The molecule has 16 heavy (non-hydrogen) atoms. The predicted octanol–water partition coefficient (Wildman–Crippen LogP) is 1.49. The van der Waals surface area contributed by atoms with Crippen LogP contribution in [-0.4, -0.2) is 22.6 Å². The van der Waals surface area contributed by atoms with Crippen molar-refractivity contribution in [3.05, 3.63) is 11.1 Å². The van der Waals surface area contributed by atoms with E-state index in [1.165, 1.54) is 0 Å². The first-order valence-corrected chi connectivity index (χ1v) is 5.50. The summed E-state index contributed by atoms with van der Waals surface area (Å²) in [4.78, 5) is 34.6. The number of Topliss-reactive ketones (excluding diaryl/α,β-unsaturated/α-hetero) is 2. The Balaban J connectivity index is 2.59. The summed E-state index contributed by atoms with van der Waals surface area (Å²) in [6.07, 6.45) is 2.37. The standard InChI is InChI=1S/C12H14O4/c1-12-6-5-8(13)10(11(15)16)7(12)3-2-4-9(12)14/h2-6H2,1H3,(H,15,16)/t12-/m0/s1. The Morgan fingerprint density at radius 3 is 2.56 bits per heavy atom. The van der Waals surface area contributed by atoms with Crippen molar-refractivity contribution in [2.45, 2.75) is 39.0 Å². The minimum absolute atomic E-state index is 0.0833. The van der Waals surface area contributed by atoms with Crippen LogP contribution in [0.25, 0.3) is 0 Å². The molecule has 0 spiro atoms. The summed E-state index contributed by atoms with van der Waals surface area (Å²) >= 11 is 0. The maximum absolute atomic E-state index is 11.9. The quantitative estimate of drug-likeness (QED) is 0.682. The molecule has 0 amide bonds. The van der Waals surface area contributed by atoms with Gasteiger partial charge in [-0.1, -0.05) is 0 Å². The summed E-state index contributed by atoms with van der Waals surface area (Å²) in [7, 11) is 0.